The molecule has 2 aliphatic rings. The average molecular weight is 238 g/mol. The van der Waals surface area contributed by atoms with Crippen LogP contribution in [0.5, 0.6) is 0 Å². The van der Waals surface area contributed by atoms with Gasteiger partial charge in [0.15, 0.2) is 0 Å². The van der Waals surface area contributed by atoms with E-state index in [4.69, 9.17) is 5.73 Å². The fourth-order valence-electron chi connectivity index (χ4n) is 2.91. The van der Waals surface area contributed by atoms with Gasteiger partial charge in [0.05, 0.1) is 0 Å². The summed E-state index contributed by atoms with van der Waals surface area (Å²) < 4.78 is 0. The van der Waals surface area contributed by atoms with Crippen molar-refractivity contribution in [1.29, 1.82) is 0 Å². The lowest BCUT2D eigenvalue weighted by molar-refractivity contribution is -0.131. The molecule has 2 N–H and O–H groups in total. The number of nitrogens with two attached hydrogens (primary N) is 1. The Balaban J connectivity index is 1.82. The van der Waals surface area contributed by atoms with Crippen molar-refractivity contribution in [2.45, 2.75) is 57.9 Å². The van der Waals surface area contributed by atoms with Crippen molar-refractivity contribution in [3.05, 3.63) is 0 Å². The molecule has 2 atom stereocenters. The second-order valence-corrected chi connectivity index (χ2v) is 5.82. The number of nitrogens with zero attached hydrogens (tertiary/aromatic N) is 1. The molecule has 0 bridgehead atoms. The summed E-state index contributed by atoms with van der Waals surface area (Å²) in [5.74, 6) is 1.78. The van der Waals surface area contributed by atoms with Crippen molar-refractivity contribution in [2.75, 3.05) is 13.1 Å². The molecule has 1 aliphatic heterocycles. The molecule has 2 rings (SSSR count). The second kappa shape index (κ2) is 5.85. The van der Waals surface area contributed by atoms with Crippen LogP contribution in [0.25, 0.3) is 0 Å². The summed E-state index contributed by atoms with van der Waals surface area (Å²) in [4.78, 5) is 14.0. The minimum absolute atomic E-state index is 0.224. The summed E-state index contributed by atoms with van der Waals surface area (Å²) in [6, 6.07) is 0.224. The molecule has 0 aromatic rings. The lowest BCUT2D eigenvalue weighted by Gasteiger charge is -2.24. The zero-order valence-electron chi connectivity index (χ0n) is 11.0. The van der Waals surface area contributed by atoms with Crippen LogP contribution in [0.3, 0.4) is 0 Å². The predicted molar refractivity (Wildman–Crippen MR) is 69.5 cm³/mol. The Bertz CT molecular complexity index is 263. The highest BCUT2D eigenvalue weighted by Gasteiger charge is 2.31. The summed E-state index contributed by atoms with van der Waals surface area (Å²) in [5.41, 5.74) is 6.12. The SMILES string of the molecule is CCCC1CCC(=O)N(CC(N)C2CC2)CC1. The van der Waals surface area contributed by atoms with E-state index in [1.54, 1.807) is 0 Å². The Labute approximate surface area is 105 Å². The Morgan fingerprint density at radius 1 is 1.35 bits per heavy atom. The van der Waals surface area contributed by atoms with Gasteiger partial charge in [-0.05, 0) is 37.5 Å². The normalized spacial score (nSPS) is 28.0. The van der Waals surface area contributed by atoms with E-state index >= 15 is 0 Å². The van der Waals surface area contributed by atoms with Crippen LogP contribution in [0.4, 0.5) is 0 Å². The van der Waals surface area contributed by atoms with Gasteiger partial charge >= 0.3 is 0 Å². The lowest BCUT2D eigenvalue weighted by atomic mass is 9.96. The van der Waals surface area contributed by atoms with E-state index in [9.17, 15) is 4.79 Å². The third kappa shape index (κ3) is 3.70. The van der Waals surface area contributed by atoms with Crippen molar-refractivity contribution in [3.8, 4) is 0 Å². The maximum Gasteiger partial charge on any atom is 0.222 e. The molecule has 3 heteroatoms. The minimum atomic E-state index is 0.224. The Kier molecular flexibility index (Phi) is 4.43. The number of carbonyl (C=O) groups is 1. The highest BCUT2D eigenvalue weighted by atomic mass is 16.2. The number of amides is 1. The van der Waals surface area contributed by atoms with Gasteiger partial charge in [0.25, 0.3) is 0 Å². The molecule has 0 aromatic carbocycles. The van der Waals surface area contributed by atoms with Crippen LogP contribution in [0.2, 0.25) is 0 Å². The number of likely N-dealkylation sites (tertiary alicyclic amines) is 1. The molecule has 2 unspecified atom stereocenters. The van der Waals surface area contributed by atoms with Gasteiger partial charge < -0.3 is 10.6 Å². The zero-order chi connectivity index (χ0) is 12.3. The first-order chi connectivity index (χ1) is 8.20. The van der Waals surface area contributed by atoms with Gasteiger partial charge in [-0.2, -0.15) is 0 Å². The Morgan fingerprint density at radius 2 is 2.12 bits per heavy atom. The quantitative estimate of drug-likeness (QED) is 0.797. The largest absolute Gasteiger partial charge is 0.341 e. The van der Waals surface area contributed by atoms with Crippen molar-refractivity contribution < 1.29 is 4.79 Å². The highest BCUT2D eigenvalue weighted by molar-refractivity contribution is 5.76. The first kappa shape index (κ1) is 12.9. The van der Waals surface area contributed by atoms with Gasteiger partial charge in [-0.1, -0.05) is 19.8 Å². The Hall–Kier alpha value is -0.570. The van der Waals surface area contributed by atoms with E-state index in [1.807, 2.05) is 4.90 Å². The van der Waals surface area contributed by atoms with Crippen LogP contribution < -0.4 is 5.73 Å². The van der Waals surface area contributed by atoms with Gasteiger partial charge in [0.2, 0.25) is 5.91 Å². The number of hydrogen-bond donors (Lipinski definition) is 1. The fourth-order valence-corrected chi connectivity index (χ4v) is 2.91. The molecule has 2 fully saturated rings. The predicted octanol–water partition coefficient (Wildman–Crippen LogP) is 2.15. The van der Waals surface area contributed by atoms with E-state index in [0.29, 0.717) is 11.8 Å². The molecule has 98 valence electrons. The van der Waals surface area contributed by atoms with Gasteiger partial charge in [0, 0.05) is 25.6 Å². The fraction of sp³-hybridized carbons (Fsp3) is 0.929. The van der Waals surface area contributed by atoms with Crippen molar-refractivity contribution in [3.63, 3.8) is 0 Å². The molecule has 1 saturated heterocycles. The molecule has 1 saturated carbocycles. The van der Waals surface area contributed by atoms with Gasteiger partial charge in [-0.15, -0.1) is 0 Å². The number of hydrogen-bond acceptors (Lipinski definition) is 2. The van der Waals surface area contributed by atoms with E-state index in [-0.39, 0.29) is 6.04 Å². The molecular weight excluding hydrogens is 212 g/mol. The van der Waals surface area contributed by atoms with E-state index in [2.05, 4.69) is 6.92 Å². The summed E-state index contributed by atoms with van der Waals surface area (Å²) in [5, 5.41) is 0. The van der Waals surface area contributed by atoms with Crippen molar-refractivity contribution in [2.24, 2.45) is 17.6 Å². The smallest absolute Gasteiger partial charge is 0.222 e. The average Bonchev–Trinajstić information content (AvgIpc) is 3.13. The molecule has 0 aromatic heterocycles. The summed E-state index contributed by atoms with van der Waals surface area (Å²) in [6.07, 6.45) is 8.04. The topological polar surface area (TPSA) is 46.3 Å². The molecule has 0 spiro atoms. The van der Waals surface area contributed by atoms with E-state index < -0.39 is 0 Å². The molecule has 0 radical (unpaired) electrons. The van der Waals surface area contributed by atoms with E-state index in [1.165, 1.54) is 32.1 Å². The van der Waals surface area contributed by atoms with Crippen LogP contribution in [0.15, 0.2) is 0 Å². The van der Waals surface area contributed by atoms with Crippen LogP contribution in [-0.2, 0) is 4.79 Å². The van der Waals surface area contributed by atoms with E-state index in [0.717, 1.165) is 31.8 Å². The van der Waals surface area contributed by atoms with Gasteiger partial charge in [-0.3, -0.25) is 4.79 Å². The van der Waals surface area contributed by atoms with Crippen LogP contribution in [0, 0.1) is 11.8 Å². The number of rotatable bonds is 5. The summed E-state index contributed by atoms with van der Waals surface area (Å²) >= 11 is 0. The molecular formula is C14H26N2O. The third-order valence-corrected chi connectivity index (χ3v) is 4.28. The third-order valence-electron chi connectivity index (χ3n) is 4.28. The van der Waals surface area contributed by atoms with Crippen LogP contribution >= 0.6 is 0 Å². The van der Waals surface area contributed by atoms with Gasteiger partial charge in [-0.25, -0.2) is 0 Å². The first-order valence-corrected chi connectivity index (χ1v) is 7.24. The van der Waals surface area contributed by atoms with Gasteiger partial charge in [0.1, 0.15) is 0 Å². The zero-order valence-corrected chi connectivity index (χ0v) is 11.0. The van der Waals surface area contributed by atoms with Crippen LogP contribution in [-0.4, -0.2) is 29.9 Å². The monoisotopic (exact) mass is 238 g/mol. The second-order valence-electron chi connectivity index (χ2n) is 5.82. The molecule has 1 heterocycles. The highest BCUT2D eigenvalue weighted by Crippen LogP contribution is 2.32. The molecule has 3 nitrogen and oxygen atoms in total. The molecule has 1 aliphatic carbocycles. The lowest BCUT2D eigenvalue weighted by Crippen LogP contribution is -2.42. The summed E-state index contributed by atoms with van der Waals surface area (Å²) in [7, 11) is 0. The first-order valence-electron chi connectivity index (χ1n) is 7.24. The number of carbonyl (C=O) groups excluding carboxylic acids is 1. The molecule has 1 amide bonds. The maximum atomic E-state index is 12.0. The standard InChI is InChI=1S/C14H26N2O/c1-2-3-11-4-7-14(17)16(9-8-11)10-13(15)12-5-6-12/h11-13H,2-10,15H2,1H3. The maximum absolute atomic E-state index is 12.0. The Morgan fingerprint density at radius 3 is 2.76 bits per heavy atom. The van der Waals surface area contributed by atoms with Crippen molar-refractivity contribution in [1.82, 2.24) is 4.90 Å². The minimum Gasteiger partial charge on any atom is -0.341 e. The van der Waals surface area contributed by atoms with Crippen molar-refractivity contribution >= 4 is 5.91 Å². The molecule has 17 heavy (non-hydrogen) atoms. The van der Waals surface area contributed by atoms with Crippen LogP contribution in [0.1, 0.15) is 51.9 Å². The summed E-state index contributed by atoms with van der Waals surface area (Å²) in [6.45, 7) is 3.96.